The third-order valence-electron chi connectivity index (χ3n) is 5.08. The Labute approximate surface area is 158 Å². The molecule has 0 saturated heterocycles. The van der Waals surface area contributed by atoms with Gasteiger partial charge in [-0.1, -0.05) is 50.1 Å². The van der Waals surface area contributed by atoms with Gasteiger partial charge in [-0.25, -0.2) is 0 Å². The predicted octanol–water partition coefficient (Wildman–Crippen LogP) is 5.79. The van der Waals surface area contributed by atoms with Crippen LogP contribution >= 0.6 is 21.8 Å². The van der Waals surface area contributed by atoms with E-state index in [1.807, 2.05) is 0 Å². The first-order valence-corrected chi connectivity index (χ1v) is 15.7. The number of aryl methyl sites for hydroxylation is 1. The molecule has 0 unspecified atom stereocenters. The lowest BCUT2D eigenvalue weighted by Crippen LogP contribution is -2.21. The van der Waals surface area contributed by atoms with Gasteiger partial charge in [-0.05, 0) is 62.0 Å². The van der Waals surface area contributed by atoms with Crippen molar-refractivity contribution in [2.45, 2.75) is 82.8 Å². The largest absolute Gasteiger partial charge is 0.378 e. The molecule has 1 saturated carbocycles. The van der Waals surface area contributed by atoms with Crippen LogP contribution < -0.4 is 0 Å². The molecule has 130 valence electrons. The number of halogens is 1. The lowest BCUT2D eigenvalue weighted by molar-refractivity contribution is 0.0252. The van der Waals surface area contributed by atoms with Crippen molar-refractivity contribution in [3.8, 4) is 0 Å². The number of rotatable bonds is 10. The summed E-state index contributed by atoms with van der Waals surface area (Å²) in [5, 5.41) is 0. The number of ether oxygens (including phenoxy) is 1. The number of hydrogen-bond acceptors (Lipinski definition) is 1. The first kappa shape index (κ1) is 19.5. The first-order chi connectivity index (χ1) is 11.3. The van der Waals surface area contributed by atoms with Crippen LogP contribution in [0.15, 0.2) is 24.3 Å². The first-order valence-electron chi connectivity index (χ1n) is 9.60. The van der Waals surface area contributed by atoms with Gasteiger partial charge in [0.25, 0.3) is 0 Å². The summed E-state index contributed by atoms with van der Waals surface area (Å²) in [6, 6.07) is 10.9. The second-order valence-electron chi connectivity index (χ2n) is 6.94. The Kier molecular flexibility index (Phi) is 9.85. The highest BCUT2D eigenvalue weighted by Crippen LogP contribution is 2.34. The van der Waals surface area contributed by atoms with Gasteiger partial charge in [0.15, 0.2) is 0 Å². The fourth-order valence-corrected chi connectivity index (χ4v) is 5.56. The summed E-state index contributed by atoms with van der Waals surface area (Å²) in [5.41, 5.74) is 3.07. The van der Waals surface area contributed by atoms with E-state index in [9.17, 15) is 0 Å². The maximum Gasteiger partial charge on any atom is 0.0938 e. The third-order valence-corrected chi connectivity index (χ3v) is 8.13. The van der Waals surface area contributed by atoms with Crippen molar-refractivity contribution in [1.82, 2.24) is 0 Å². The fraction of sp³-hybridized carbons (Fsp3) is 0.700. The normalized spacial score (nSPS) is 22.0. The van der Waals surface area contributed by atoms with Crippen LogP contribution in [0.1, 0.15) is 75.3 Å². The van der Waals surface area contributed by atoms with Crippen LogP contribution in [0.4, 0.5) is 0 Å². The van der Waals surface area contributed by atoms with Gasteiger partial charge in [-0.15, -0.1) is 21.8 Å². The SMILES string of the molecule is CCCCCc1ccc(C2CCC(OCCC[SiH2]I)CC2)cc1. The standard InChI is InChI=1S/C20H33IOSi/c1-2-3-4-6-17-7-9-18(10-8-17)19-11-13-20(14-12-19)22-15-5-16-23-21/h7-10,19-20H,2-6,11-16,23H2,1H3. The average molecular weight is 444 g/mol. The molecule has 0 aromatic heterocycles. The van der Waals surface area contributed by atoms with E-state index < -0.39 is 0 Å². The molecule has 3 heteroatoms. The number of benzene rings is 1. The minimum absolute atomic E-state index is 0.201. The van der Waals surface area contributed by atoms with Gasteiger partial charge < -0.3 is 4.74 Å². The molecule has 0 bridgehead atoms. The Morgan fingerprint density at radius 1 is 1.04 bits per heavy atom. The molecule has 0 atom stereocenters. The van der Waals surface area contributed by atoms with E-state index >= 15 is 0 Å². The zero-order valence-electron chi connectivity index (χ0n) is 14.7. The molecule has 1 fully saturated rings. The van der Waals surface area contributed by atoms with Crippen LogP contribution in [0.3, 0.4) is 0 Å². The molecule has 23 heavy (non-hydrogen) atoms. The Morgan fingerprint density at radius 3 is 2.43 bits per heavy atom. The molecule has 0 spiro atoms. The Morgan fingerprint density at radius 2 is 1.78 bits per heavy atom. The molecular formula is C20H33IOSi. The molecular weight excluding hydrogens is 411 g/mol. The monoisotopic (exact) mass is 444 g/mol. The Balaban J connectivity index is 1.70. The smallest absolute Gasteiger partial charge is 0.0938 e. The second-order valence-corrected chi connectivity index (χ2v) is 11.3. The van der Waals surface area contributed by atoms with E-state index in [0.29, 0.717) is 6.10 Å². The van der Waals surface area contributed by atoms with Crippen molar-refractivity contribution in [2.24, 2.45) is 0 Å². The summed E-state index contributed by atoms with van der Waals surface area (Å²) in [6.45, 7) is 3.27. The zero-order valence-corrected chi connectivity index (χ0v) is 18.3. The zero-order chi connectivity index (χ0) is 16.3. The molecule has 0 heterocycles. The van der Waals surface area contributed by atoms with Gasteiger partial charge in [-0.2, -0.15) is 0 Å². The molecule has 0 N–H and O–H groups in total. The molecule has 2 rings (SSSR count). The quantitative estimate of drug-likeness (QED) is 0.192. The van der Waals surface area contributed by atoms with Gasteiger partial charge in [0.05, 0.1) is 13.1 Å². The van der Waals surface area contributed by atoms with E-state index in [0.717, 1.165) is 12.5 Å². The van der Waals surface area contributed by atoms with Crippen LogP contribution in [0, 0.1) is 0 Å². The van der Waals surface area contributed by atoms with Crippen LogP contribution in [-0.2, 0) is 11.2 Å². The highest BCUT2D eigenvalue weighted by atomic mass is 127. The van der Waals surface area contributed by atoms with E-state index in [4.69, 9.17) is 4.74 Å². The second kappa shape index (κ2) is 11.6. The number of unbranched alkanes of at least 4 members (excludes halogenated alkanes) is 2. The lowest BCUT2D eigenvalue weighted by Gasteiger charge is -2.29. The summed E-state index contributed by atoms with van der Waals surface area (Å²) >= 11 is 2.59. The van der Waals surface area contributed by atoms with Crippen molar-refractivity contribution in [1.29, 1.82) is 0 Å². The van der Waals surface area contributed by atoms with Gasteiger partial charge in [0.1, 0.15) is 0 Å². The Bertz CT molecular complexity index is 412. The van der Waals surface area contributed by atoms with E-state index in [1.54, 1.807) is 5.56 Å². The minimum atomic E-state index is 0.201. The lowest BCUT2D eigenvalue weighted by atomic mass is 9.82. The summed E-state index contributed by atoms with van der Waals surface area (Å²) in [7, 11) is 0.201. The van der Waals surface area contributed by atoms with Gasteiger partial charge >= 0.3 is 0 Å². The van der Waals surface area contributed by atoms with Crippen molar-refractivity contribution < 1.29 is 4.74 Å². The van der Waals surface area contributed by atoms with Crippen molar-refractivity contribution >= 4 is 28.8 Å². The van der Waals surface area contributed by atoms with Crippen molar-refractivity contribution in [2.75, 3.05) is 6.61 Å². The molecule has 1 aliphatic carbocycles. The van der Waals surface area contributed by atoms with Crippen LogP contribution in [0.25, 0.3) is 0 Å². The molecule has 1 aromatic rings. The summed E-state index contributed by atoms with van der Waals surface area (Å²) in [5.74, 6) is 0.765. The molecule has 1 nitrogen and oxygen atoms in total. The summed E-state index contributed by atoms with van der Waals surface area (Å²) in [4.78, 5) is 0. The van der Waals surface area contributed by atoms with Gasteiger partial charge in [-0.3, -0.25) is 0 Å². The van der Waals surface area contributed by atoms with Crippen molar-refractivity contribution in [3.63, 3.8) is 0 Å². The van der Waals surface area contributed by atoms with Gasteiger partial charge in [0.2, 0.25) is 0 Å². The van der Waals surface area contributed by atoms with Crippen LogP contribution in [0.2, 0.25) is 6.04 Å². The van der Waals surface area contributed by atoms with Gasteiger partial charge in [0, 0.05) is 6.61 Å². The third kappa shape index (κ3) is 7.26. The molecule has 1 aromatic carbocycles. The summed E-state index contributed by atoms with van der Waals surface area (Å²) < 4.78 is 6.06. The molecule has 1 aliphatic rings. The Hall–Kier alpha value is 0.127. The topological polar surface area (TPSA) is 9.23 Å². The van der Waals surface area contributed by atoms with E-state index in [1.165, 1.54) is 69.4 Å². The van der Waals surface area contributed by atoms with E-state index in [-0.39, 0.29) is 7.02 Å². The molecule has 0 amide bonds. The maximum absolute atomic E-state index is 6.06. The minimum Gasteiger partial charge on any atom is -0.378 e. The van der Waals surface area contributed by atoms with Crippen LogP contribution in [-0.4, -0.2) is 19.7 Å². The molecule has 0 radical (unpaired) electrons. The average Bonchev–Trinajstić information content (AvgIpc) is 2.60. The predicted molar refractivity (Wildman–Crippen MR) is 113 cm³/mol. The number of hydrogen-bond donors (Lipinski definition) is 0. The van der Waals surface area contributed by atoms with E-state index in [2.05, 4.69) is 53.0 Å². The highest BCUT2D eigenvalue weighted by Gasteiger charge is 2.22. The van der Waals surface area contributed by atoms with Crippen molar-refractivity contribution in [3.05, 3.63) is 35.4 Å². The molecule has 0 aliphatic heterocycles. The van der Waals surface area contributed by atoms with Crippen LogP contribution in [0.5, 0.6) is 0 Å². The fourth-order valence-electron chi connectivity index (χ4n) is 3.54. The summed E-state index contributed by atoms with van der Waals surface area (Å²) in [6.07, 6.45) is 12.2. The maximum atomic E-state index is 6.06. The highest BCUT2D eigenvalue weighted by molar-refractivity contribution is 14.1.